The Morgan fingerprint density at radius 3 is 2.55 bits per heavy atom. The van der Waals surface area contributed by atoms with Crippen molar-refractivity contribution in [3.8, 4) is 11.5 Å². The zero-order valence-corrected chi connectivity index (χ0v) is 12.1. The number of rotatable bonds is 3. The number of hydrogen-bond acceptors (Lipinski definition) is 4. The lowest BCUT2D eigenvalue weighted by molar-refractivity contribution is 0.318. The summed E-state index contributed by atoms with van der Waals surface area (Å²) in [6.45, 7) is 0. The highest BCUT2D eigenvalue weighted by molar-refractivity contribution is 6.43. The van der Waals surface area contributed by atoms with Crippen molar-refractivity contribution in [1.29, 1.82) is 0 Å². The predicted molar refractivity (Wildman–Crippen MR) is 78.3 cm³/mol. The number of pyridine rings is 1. The first-order chi connectivity index (χ1) is 9.52. The van der Waals surface area contributed by atoms with Crippen LogP contribution in [-0.4, -0.2) is 16.0 Å². The van der Waals surface area contributed by atoms with Crippen molar-refractivity contribution < 1.29 is 9.94 Å². The molecule has 1 aromatic heterocycles. The molecule has 2 aromatic rings. The molecule has 8 heteroatoms. The molecule has 0 radical (unpaired) electrons. The third kappa shape index (κ3) is 3.07. The van der Waals surface area contributed by atoms with E-state index in [1.165, 1.54) is 18.3 Å². The Morgan fingerprint density at radius 2 is 1.85 bits per heavy atom. The molecule has 0 aliphatic heterocycles. The van der Waals surface area contributed by atoms with Gasteiger partial charge >= 0.3 is 0 Å². The normalized spacial score (nSPS) is 11.4. The smallest absolute Gasteiger partial charge is 0.192 e. The quantitative estimate of drug-likeness (QED) is 0.293. The van der Waals surface area contributed by atoms with E-state index in [9.17, 15) is 0 Å². The van der Waals surface area contributed by atoms with Gasteiger partial charge in [-0.2, -0.15) is 0 Å². The highest BCUT2D eigenvalue weighted by atomic mass is 35.5. The highest BCUT2D eigenvalue weighted by Crippen LogP contribution is 2.36. The van der Waals surface area contributed by atoms with Gasteiger partial charge in [0.1, 0.15) is 5.75 Å². The summed E-state index contributed by atoms with van der Waals surface area (Å²) in [7, 11) is 0. The number of oxime groups is 1. The van der Waals surface area contributed by atoms with Crippen molar-refractivity contribution in [2.75, 3.05) is 0 Å². The number of aromatic nitrogens is 1. The third-order valence-corrected chi connectivity index (χ3v) is 3.33. The Labute approximate surface area is 129 Å². The van der Waals surface area contributed by atoms with Gasteiger partial charge < -0.3 is 15.7 Å². The van der Waals surface area contributed by atoms with Gasteiger partial charge in [-0.1, -0.05) is 40.0 Å². The largest absolute Gasteiger partial charge is 0.453 e. The van der Waals surface area contributed by atoms with E-state index in [2.05, 4.69) is 10.1 Å². The second-order valence-corrected chi connectivity index (χ2v) is 4.86. The lowest BCUT2D eigenvalue weighted by Crippen LogP contribution is -2.16. The molecule has 0 fully saturated rings. The fraction of sp³-hybridized carbons (Fsp3) is 0. The van der Waals surface area contributed by atoms with Crippen LogP contribution in [-0.2, 0) is 0 Å². The molecule has 3 N–H and O–H groups in total. The molecule has 1 heterocycles. The topological polar surface area (TPSA) is 80.7 Å². The Balaban J connectivity index is 2.43. The summed E-state index contributed by atoms with van der Waals surface area (Å²) >= 11 is 17.8. The second-order valence-electron chi connectivity index (χ2n) is 3.63. The number of hydrogen-bond donors (Lipinski definition) is 2. The first-order valence-corrected chi connectivity index (χ1v) is 6.41. The average Bonchev–Trinajstić information content (AvgIpc) is 2.44. The first-order valence-electron chi connectivity index (χ1n) is 5.28. The van der Waals surface area contributed by atoms with Gasteiger partial charge in [-0.25, -0.2) is 4.98 Å². The summed E-state index contributed by atoms with van der Waals surface area (Å²) in [5.74, 6) is 0.362. The van der Waals surface area contributed by atoms with Crippen molar-refractivity contribution in [3.05, 3.63) is 51.2 Å². The van der Waals surface area contributed by atoms with Crippen LogP contribution in [0.4, 0.5) is 0 Å². The molecular weight excluding hydrogens is 325 g/mol. The predicted octanol–water partition coefficient (Wildman–Crippen LogP) is 3.93. The minimum atomic E-state index is -0.184. The minimum absolute atomic E-state index is 0.178. The van der Waals surface area contributed by atoms with E-state index in [0.29, 0.717) is 10.0 Å². The molecule has 2 rings (SSSR count). The van der Waals surface area contributed by atoms with E-state index in [1.54, 1.807) is 12.1 Å². The van der Waals surface area contributed by atoms with Crippen LogP contribution in [0, 0.1) is 0 Å². The molecule has 0 aliphatic rings. The fourth-order valence-corrected chi connectivity index (χ4v) is 1.99. The maximum Gasteiger partial charge on any atom is 0.192 e. The van der Waals surface area contributed by atoms with Crippen LogP contribution in [0.2, 0.25) is 15.1 Å². The van der Waals surface area contributed by atoms with Gasteiger partial charge in [0.2, 0.25) is 0 Å². The highest BCUT2D eigenvalue weighted by Gasteiger charge is 2.13. The molecule has 0 saturated heterocycles. The van der Waals surface area contributed by atoms with E-state index < -0.39 is 0 Å². The zero-order valence-electron chi connectivity index (χ0n) is 9.85. The Kier molecular flexibility index (Phi) is 4.54. The van der Waals surface area contributed by atoms with Gasteiger partial charge in [-0.05, 0) is 18.2 Å². The summed E-state index contributed by atoms with van der Waals surface area (Å²) < 4.78 is 5.59. The lowest BCUT2D eigenvalue weighted by atomic mass is 10.3. The molecule has 0 bridgehead atoms. The Morgan fingerprint density at radius 1 is 1.15 bits per heavy atom. The van der Waals surface area contributed by atoms with Gasteiger partial charge in [0.25, 0.3) is 0 Å². The maximum atomic E-state index is 8.72. The molecule has 20 heavy (non-hydrogen) atoms. The third-order valence-electron chi connectivity index (χ3n) is 2.32. The molecule has 0 unspecified atom stereocenters. The maximum absolute atomic E-state index is 8.72. The van der Waals surface area contributed by atoms with Crippen molar-refractivity contribution in [3.63, 3.8) is 0 Å². The van der Waals surface area contributed by atoms with E-state index in [-0.39, 0.29) is 28.1 Å². The molecule has 0 aliphatic carbocycles. The fourth-order valence-electron chi connectivity index (χ4n) is 1.41. The number of ether oxygens (including phenoxy) is 1. The van der Waals surface area contributed by atoms with E-state index in [0.717, 1.165) is 0 Å². The average molecular weight is 333 g/mol. The number of benzene rings is 1. The van der Waals surface area contributed by atoms with E-state index in [4.69, 9.17) is 50.5 Å². The monoisotopic (exact) mass is 331 g/mol. The summed E-state index contributed by atoms with van der Waals surface area (Å²) in [5.41, 5.74) is 5.70. The van der Waals surface area contributed by atoms with Gasteiger partial charge in [-0.3, -0.25) is 0 Å². The van der Waals surface area contributed by atoms with Crippen LogP contribution in [0.5, 0.6) is 11.5 Å². The Hall–Kier alpha value is -1.69. The van der Waals surface area contributed by atoms with Crippen LogP contribution in [0.1, 0.15) is 5.69 Å². The minimum Gasteiger partial charge on any atom is -0.453 e. The number of nitrogens with zero attached hydrogens (tertiary/aromatic N) is 2. The SMILES string of the molecule is N/C(=N/O)c1ncccc1Oc1cc(Cl)c(Cl)cc1Cl. The first kappa shape index (κ1) is 14.7. The second kappa shape index (κ2) is 6.17. The molecular formula is C12H8Cl3N3O2. The number of nitrogens with two attached hydrogens (primary N) is 1. The van der Waals surface area contributed by atoms with Crippen molar-refractivity contribution in [1.82, 2.24) is 4.98 Å². The van der Waals surface area contributed by atoms with Crippen LogP contribution in [0.15, 0.2) is 35.6 Å². The van der Waals surface area contributed by atoms with E-state index in [1.807, 2.05) is 0 Å². The molecule has 0 spiro atoms. The molecule has 5 nitrogen and oxygen atoms in total. The molecule has 104 valence electrons. The lowest BCUT2D eigenvalue weighted by Gasteiger charge is -2.11. The molecule has 0 amide bonds. The van der Waals surface area contributed by atoms with Gasteiger partial charge in [0.15, 0.2) is 17.3 Å². The van der Waals surface area contributed by atoms with Gasteiger partial charge in [0.05, 0.1) is 15.1 Å². The van der Waals surface area contributed by atoms with Crippen molar-refractivity contribution in [2.45, 2.75) is 0 Å². The van der Waals surface area contributed by atoms with Gasteiger partial charge in [0, 0.05) is 12.3 Å². The standard InChI is InChI=1S/C12H8Cl3N3O2/c13-6-4-8(15)10(5-7(6)14)20-9-2-1-3-17-11(9)12(16)18-19/h1-5,19H,(H2,16,18). The van der Waals surface area contributed by atoms with Crippen molar-refractivity contribution >= 4 is 40.6 Å². The Bertz CT molecular complexity index is 677. The molecule has 1 aromatic carbocycles. The summed E-state index contributed by atoms with van der Waals surface area (Å²) in [6, 6.07) is 6.16. The molecule has 0 atom stereocenters. The number of halogens is 3. The van der Waals surface area contributed by atoms with Crippen LogP contribution < -0.4 is 10.5 Å². The molecule has 0 saturated carbocycles. The van der Waals surface area contributed by atoms with E-state index >= 15 is 0 Å². The number of amidine groups is 1. The summed E-state index contributed by atoms with van der Waals surface area (Å²) in [4.78, 5) is 3.97. The van der Waals surface area contributed by atoms with Crippen molar-refractivity contribution in [2.24, 2.45) is 10.9 Å². The summed E-state index contributed by atoms with van der Waals surface area (Å²) in [6.07, 6.45) is 1.48. The zero-order chi connectivity index (χ0) is 14.7. The summed E-state index contributed by atoms with van der Waals surface area (Å²) in [5, 5.41) is 12.5. The van der Waals surface area contributed by atoms with Crippen LogP contribution in [0.25, 0.3) is 0 Å². The van der Waals surface area contributed by atoms with Crippen LogP contribution >= 0.6 is 34.8 Å². The van der Waals surface area contributed by atoms with Gasteiger partial charge in [-0.15, -0.1) is 0 Å². The van der Waals surface area contributed by atoms with Crippen LogP contribution in [0.3, 0.4) is 0 Å².